The van der Waals surface area contributed by atoms with Gasteiger partial charge in [0.15, 0.2) is 10.7 Å². The standard InChI is InChI=1S/C28H19Cl2N3O3S/c1-16-6-7-17(14-22(16)30)24-12-9-19(35-24)10-13-26(34)33-28(37)31-18-8-11-25-23(15-18)32-27(36-25)20-4-2-3-5-21(20)29/h2-15H,1H3,(H2,31,33,34,37)/b13-10+. The van der Waals surface area contributed by atoms with E-state index in [0.717, 1.165) is 11.1 Å². The van der Waals surface area contributed by atoms with Crippen LogP contribution in [0.4, 0.5) is 5.69 Å². The maximum Gasteiger partial charge on any atom is 0.250 e. The van der Waals surface area contributed by atoms with Crippen molar-refractivity contribution in [1.29, 1.82) is 0 Å². The number of hydrogen-bond donors (Lipinski definition) is 2. The van der Waals surface area contributed by atoms with Gasteiger partial charge in [-0.25, -0.2) is 4.98 Å². The number of furan rings is 1. The number of carbonyl (C=O) groups is 1. The van der Waals surface area contributed by atoms with E-state index in [1.165, 1.54) is 6.08 Å². The minimum absolute atomic E-state index is 0.137. The lowest BCUT2D eigenvalue weighted by Gasteiger charge is -2.07. The van der Waals surface area contributed by atoms with Crippen molar-refractivity contribution in [2.75, 3.05) is 5.32 Å². The van der Waals surface area contributed by atoms with Crippen molar-refractivity contribution in [3.63, 3.8) is 0 Å². The number of fused-ring (bicyclic) bond motifs is 1. The van der Waals surface area contributed by atoms with Crippen molar-refractivity contribution >= 4 is 69.3 Å². The SMILES string of the molecule is Cc1ccc(-c2ccc(/C=C/C(=O)NC(=S)Nc3ccc4oc(-c5ccccc5Cl)nc4c3)o2)cc1Cl. The number of nitrogens with zero attached hydrogens (tertiary/aromatic N) is 1. The molecule has 0 spiro atoms. The monoisotopic (exact) mass is 547 g/mol. The average Bonchev–Trinajstić information content (AvgIpc) is 3.51. The number of thiocarbonyl (C=S) groups is 1. The van der Waals surface area contributed by atoms with Gasteiger partial charge in [-0.3, -0.25) is 10.1 Å². The smallest absolute Gasteiger partial charge is 0.250 e. The van der Waals surface area contributed by atoms with E-state index in [4.69, 9.17) is 44.3 Å². The number of carbonyl (C=O) groups excluding carboxylic acids is 1. The van der Waals surface area contributed by atoms with Gasteiger partial charge in [-0.05, 0) is 79.3 Å². The molecule has 9 heteroatoms. The van der Waals surface area contributed by atoms with Gasteiger partial charge in [0.05, 0.1) is 10.6 Å². The zero-order valence-electron chi connectivity index (χ0n) is 19.4. The summed E-state index contributed by atoms with van der Waals surface area (Å²) in [4.78, 5) is 16.9. The highest BCUT2D eigenvalue weighted by Gasteiger charge is 2.12. The predicted molar refractivity (Wildman–Crippen MR) is 152 cm³/mol. The molecule has 0 fully saturated rings. The maximum absolute atomic E-state index is 12.4. The van der Waals surface area contributed by atoms with Gasteiger partial charge in [-0.1, -0.05) is 47.5 Å². The molecule has 6 nitrogen and oxygen atoms in total. The van der Waals surface area contributed by atoms with E-state index >= 15 is 0 Å². The Morgan fingerprint density at radius 3 is 2.62 bits per heavy atom. The quantitative estimate of drug-likeness (QED) is 0.172. The van der Waals surface area contributed by atoms with Gasteiger partial charge in [0.1, 0.15) is 17.0 Å². The Labute approximate surface area is 227 Å². The third kappa shape index (κ3) is 5.75. The number of aromatic nitrogens is 1. The number of rotatable bonds is 5. The van der Waals surface area contributed by atoms with E-state index in [2.05, 4.69) is 15.6 Å². The Kier molecular flexibility index (Phi) is 7.10. The minimum Gasteiger partial charge on any atom is -0.457 e. The van der Waals surface area contributed by atoms with Gasteiger partial charge < -0.3 is 14.2 Å². The summed E-state index contributed by atoms with van der Waals surface area (Å²) in [5, 5.41) is 6.94. The normalized spacial score (nSPS) is 11.2. The van der Waals surface area contributed by atoms with Crippen LogP contribution in [0, 0.1) is 6.92 Å². The fourth-order valence-corrected chi connectivity index (χ4v) is 4.19. The summed E-state index contributed by atoms with van der Waals surface area (Å²) in [6.45, 7) is 1.94. The van der Waals surface area contributed by atoms with Gasteiger partial charge in [-0.15, -0.1) is 0 Å². The number of anilines is 1. The number of amides is 1. The van der Waals surface area contributed by atoms with E-state index in [9.17, 15) is 4.79 Å². The van der Waals surface area contributed by atoms with Crippen molar-refractivity contribution < 1.29 is 13.6 Å². The fraction of sp³-hybridized carbons (Fsp3) is 0.0357. The van der Waals surface area contributed by atoms with Crippen LogP contribution in [0.1, 0.15) is 11.3 Å². The highest BCUT2D eigenvalue weighted by atomic mass is 35.5. The lowest BCUT2D eigenvalue weighted by Crippen LogP contribution is -2.32. The number of aryl methyl sites for hydroxylation is 1. The summed E-state index contributed by atoms with van der Waals surface area (Å²) in [5.41, 5.74) is 4.42. The van der Waals surface area contributed by atoms with Crippen LogP contribution in [-0.2, 0) is 4.79 Å². The maximum atomic E-state index is 12.4. The molecule has 3 aromatic carbocycles. The van der Waals surface area contributed by atoms with Gasteiger partial charge in [-0.2, -0.15) is 0 Å². The molecule has 1 amide bonds. The third-order valence-electron chi connectivity index (χ3n) is 5.47. The molecule has 0 bridgehead atoms. The Morgan fingerprint density at radius 2 is 1.81 bits per heavy atom. The van der Waals surface area contributed by atoms with Gasteiger partial charge >= 0.3 is 0 Å². The van der Waals surface area contributed by atoms with E-state index in [-0.39, 0.29) is 5.11 Å². The second kappa shape index (κ2) is 10.6. The highest BCUT2D eigenvalue weighted by Crippen LogP contribution is 2.31. The number of nitrogens with one attached hydrogen (secondary N) is 2. The summed E-state index contributed by atoms with van der Waals surface area (Å²) in [7, 11) is 0. The molecule has 0 aliphatic rings. The minimum atomic E-state index is -0.405. The third-order valence-corrected chi connectivity index (χ3v) is 6.41. The first-order valence-corrected chi connectivity index (χ1v) is 12.3. The topological polar surface area (TPSA) is 80.3 Å². The molecule has 0 atom stereocenters. The summed E-state index contributed by atoms with van der Waals surface area (Å²) >= 11 is 17.7. The lowest BCUT2D eigenvalue weighted by molar-refractivity contribution is -0.115. The molecule has 2 aromatic heterocycles. The molecule has 0 radical (unpaired) electrons. The molecular weight excluding hydrogens is 529 g/mol. The fourth-order valence-electron chi connectivity index (χ4n) is 3.57. The lowest BCUT2D eigenvalue weighted by atomic mass is 10.1. The van der Waals surface area contributed by atoms with Gasteiger partial charge in [0.25, 0.3) is 0 Å². The summed E-state index contributed by atoms with van der Waals surface area (Å²) < 4.78 is 11.6. The molecular formula is C28H19Cl2N3O3S. The van der Waals surface area contributed by atoms with Crippen molar-refractivity contribution in [2.45, 2.75) is 6.92 Å². The Balaban J connectivity index is 1.21. The number of hydrogen-bond acceptors (Lipinski definition) is 5. The van der Waals surface area contributed by atoms with Gasteiger partial charge in [0.2, 0.25) is 11.8 Å². The second-order valence-electron chi connectivity index (χ2n) is 8.12. The molecule has 37 heavy (non-hydrogen) atoms. The van der Waals surface area contributed by atoms with Crippen LogP contribution in [0.15, 0.2) is 87.7 Å². The first-order valence-electron chi connectivity index (χ1n) is 11.2. The van der Waals surface area contributed by atoms with Crippen LogP contribution in [0.25, 0.3) is 40.0 Å². The molecule has 0 unspecified atom stereocenters. The molecule has 5 rings (SSSR count). The van der Waals surface area contributed by atoms with Crippen molar-refractivity contribution in [1.82, 2.24) is 10.3 Å². The Bertz CT molecular complexity index is 1670. The zero-order valence-corrected chi connectivity index (χ0v) is 21.7. The molecule has 0 saturated carbocycles. The largest absolute Gasteiger partial charge is 0.457 e. The summed E-state index contributed by atoms with van der Waals surface area (Å²) in [6.07, 6.45) is 2.91. The van der Waals surface area contributed by atoms with Gasteiger partial charge in [0, 0.05) is 22.3 Å². The van der Waals surface area contributed by atoms with Crippen LogP contribution in [0.2, 0.25) is 10.0 Å². The van der Waals surface area contributed by atoms with Crippen molar-refractivity contribution in [3.05, 3.63) is 100 Å². The van der Waals surface area contributed by atoms with Crippen LogP contribution in [0.3, 0.4) is 0 Å². The Morgan fingerprint density at radius 1 is 0.973 bits per heavy atom. The number of benzene rings is 3. The summed E-state index contributed by atoms with van der Waals surface area (Å²) in [6, 6.07) is 21.9. The molecule has 2 N–H and O–H groups in total. The molecule has 184 valence electrons. The molecule has 0 saturated heterocycles. The molecule has 2 heterocycles. The second-order valence-corrected chi connectivity index (χ2v) is 9.35. The first kappa shape index (κ1) is 24.8. The number of oxazole rings is 1. The Hall–Kier alpha value is -3.91. The van der Waals surface area contributed by atoms with Crippen LogP contribution < -0.4 is 10.6 Å². The molecule has 0 aliphatic heterocycles. The van der Waals surface area contributed by atoms with Crippen LogP contribution in [0.5, 0.6) is 0 Å². The van der Waals surface area contributed by atoms with E-state index in [1.807, 2.05) is 49.4 Å². The highest BCUT2D eigenvalue weighted by molar-refractivity contribution is 7.80. The molecule has 0 aliphatic carbocycles. The number of halogens is 2. The van der Waals surface area contributed by atoms with Crippen LogP contribution >= 0.6 is 35.4 Å². The van der Waals surface area contributed by atoms with Crippen LogP contribution in [-0.4, -0.2) is 16.0 Å². The van der Waals surface area contributed by atoms with E-state index < -0.39 is 5.91 Å². The summed E-state index contributed by atoms with van der Waals surface area (Å²) in [5.74, 6) is 1.19. The van der Waals surface area contributed by atoms with Crippen molar-refractivity contribution in [3.8, 4) is 22.8 Å². The van der Waals surface area contributed by atoms with Crippen molar-refractivity contribution in [2.24, 2.45) is 0 Å². The first-order chi connectivity index (χ1) is 17.9. The molecule has 5 aromatic rings. The average molecular weight is 548 g/mol. The van der Waals surface area contributed by atoms with E-state index in [0.29, 0.717) is 49.8 Å². The zero-order chi connectivity index (χ0) is 25.9. The van der Waals surface area contributed by atoms with E-state index in [1.54, 1.807) is 36.4 Å². The predicted octanol–water partition coefficient (Wildman–Crippen LogP) is 7.90.